The predicted molar refractivity (Wildman–Crippen MR) is 77.5 cm³/mol. The molecular formula is C14H25N3O4. The van der Waals surface area contributed by atoms with Gasteiger partial charge in [-0.2, -0.15) is 0 Å². The summed E-state index contributed by atoms with van der Waals surface area (Å²) in [6, 6.07) is -0.765. The van der Waals surface area contributed by atoms with Crippen LogP contribution in [0.25, 0.3) is 0 Å². The van der Waals surface area contributed by atoms with E-state index in [9.17, 15) is 14.4 Å². The molecule has 0 aromatic heterocycles. The zero-order valence-corrected chi connectivity index (χ0v) is 12.8. The maximum absolute atomic E-state index is 12.2. The van der Waals surface area contributed by atoms with Crippen LogP contribution in [0, 0.1) is 0 Å². The quantitative estimate of drug-likeness (QED) is 0.473. The van der Waals surface area contributed by atoms with Gasteiger partial charge in [-0.1, -0.05) is 13.8 Å². The molecular weight excluding hydrogens is 274 g/mol. The van der Waals surface area contributed by atoms with E-state index >= 15 is 0 Å². The van der Waals surface area contributed by atoms with Gasteiger partial charge >= 0.3 is 5.97 Å². The molecule has 120 valence electrons. The molecule has 0 aromatic carbocycles. The zero-order valence-electron chi connectivity index (χ0n) is 12.8. The molecule has 1 unspecified atom stereocenters. The Balaban J connectivity index is 2.59. The van der Waals surface area contributed by atoms with Crippen molar-refractivity contribution in [3.05, 3.63) is 0 Å². The monoisotopic (exact) mass is 299 g/mol. The number of amides is 2. The molecule has 1 heterocycles. The van der Waals surface area contributed by atoms with Gasteiger partial charge in [-0.3, -0.25) is 14.4 Å². The summed E-state index contributed by atoms with van der Waals surface area (Å²) in [5.74, 6) is -0.900. The first kappa shape index (κ1) is 17.4. The minimum atomic E-state index is -0.765. The standard InChI is InChI=1S/C14H25N3O4/c1-3-5-15-10-12(18)17-7-6-16-14(20)11(17)9-13(19)21-8-4-2/h11,15H,3-10H2,1-2H3,(H,16,20). The molecule has 7 nitrogen and oxygen atoms in total. The van der Waals surface area contributed by atoms with Gasteiger partial charge in [0.15, 0.2) is 0 Å². The van der Waals surface area contributed by atoms with Gasteiger partial charge in [0.05, 0.1) is 19.6 Å². The number of rotatable bonds is 8. The normalized spacial score (nSPS) is 18.3. The van der Waals surface area contributed by atoms with E-state index in [0.29, 0.717) is 19.7 Å². The fourth-order valence-electron chi connectivity index (χ4n) is 2.12. The van der Waals surface area contributed by atoms with E-state index < -0.39 is 12.0 Å². The van der Waals surface area contributed by atoms with Crippen molar-refractivity contribution in [2.24, 2.45) is 0 Å². The molecule has 2 amide bonds. The summed E-state index contributed by atoms with van der Waals surface area (Å²) in [7, 11) is 0. The van der Waals surface area contributed by atoms with Gasteiger partial charge in [0.25, 0.3) is 0 Å². The van der Waals surface area contributed by atoms with E-state index in [2.05, 4.69) is 10.6 Å². The first-order valence-corrected chi connectivity index (χ1v) is 7.53. The highest BCUT2D eigenvalue weighted by Gasteiger charge is 2.34. The second-order valence-corrected chi connectivity index (χ2v) is 5.00. The van der Waals surface area contributed by atoms with Gasteiger partial charge in [-0.05, 0) is 19.4 Å². The molecule has 21 heavy (non-hydrogen) atoms. The van der Waals surface area contributed by atoms with E-state index in [4.69, 9.17) is 4.74 Å². The first-order chi connectivity index (χ1) is 10.1. The van der Waals surface area contributed by atoms with Crippen molar-refractivity contribution in [3.63, 3.8) is 0 Å². The Bertz CT molecular complexity index is 373. The van der Waals surface area contributed by atoms with Gasteiger partial charge in [0, 0.05) is 13.1 Å². The molecule has 0 saturated carbocycles. The van der Waals surface area contributed by atoms with Crippen molar-refractivity contribution in [2.45, 2.75) is 39.2 Å². The molecule has 2 N–H and O–H groups in total. The molecule has 0 bridgehead atoms. The lowest BCUT2D eigenvalue weighted by Crippen LogP contribution is -2.59. The van der Waals surface area contributed by atoms with Crippen LogP contribution in [-0.4, -0.2) is 61.5 Å². The lowest BCUT2D eigenvalue weighted by molar-refractivity contribution is -0.151. The lowest BCUT2D eigenvalue weighted by atomic mass is 10.1. The maximum Gasteiger partial charge on any atom is 0.308 e. The average Bonchev–Trinajstić information content (AvgIpc) is 2.47. The van der Waals surface area contributed by atoms with Gasteiger partial charge in [0.2, 0.25) is 11.8 Å². The highest BCUT2D eigenvalue weighted by atomic mass is 16.5. The fraction of sp³-hybridized carbons (Fsp3) is 0.786. The summed E-state index contributed by atoms with van der Waals surface area (Å²) >= 11 is 0. The van der Waals surface area contributed by atoms with E-state index in [1.165, 1.54) is 4.90 Å². The summed E-state index contributed by atoms with van der Waals surface area (Å²) in [5.41, 5.74) is 0. The number of piperazine rings is 1. The summed E-state index contributed by atoms with van der Waals surface area (Å²) in [6.45, 7) is 6.01. The Hall–Kier alpha value is -1.63. The first-order valence-electron chi connectivity index (χ1n) is 7.53. The molecule has 1 atom stereocenters. The van der Waals surface area contributed by atoms with Crippen molar-refractivity contribution in [3.8, 4) is 0 Å². The number of esters is 1. The molecule has 1 rings (SSSR count). The van der Waals surface area contributed by atoms with Crippen molar-refractivity contribution < 1.29 is 19.1 Å². The lowest BCUT2D eigenvalue weighted by Gasteiger charge is -2.34. The molecule has 0 aromatic rings. The van der Waals surface area contributed by atoms with Crippen molar-refractivity contribution in [1.82, 2.24) is 15.5 Å². The molecule has 0 spiro atoms. The smallest absolute Gasteiger partial charge is 0.308 e. The average molecular weight is 299 g/mol. The zero-order chi connectivity index (χ0) is 15.7. The number of hydrogen-bond acceptors (Lipinski definition) is 5. The fourth-order valence-corrected chi connectivity index (χ4v) is 2.12. The molecule has 1 fully saturated rings. The molecule has 0 radical (unpaired) electrons. The van der Waals surface area contributed by atoms with Crippen molar-refractivity contribution in [2.75, 3.05) is 32.8 Å². The SMILES string of the molecule is CCCNCC(=O)N1CCNC(=O)C1CC(=O)OCCC. The third-order valence-electron chi connectivity index (χ3n) is 3.18. The molecule has 7 heteroatoms. The van der Waals surface area contributed by atoms with Crippen LogP contribution in [0.5, 0.6) is 0 Å². The van der Waals surface area contributed by atoms with Crippen molar-refractivity contribution >= 4 is 17.8 Å². The number of carbonyl (C=O) groups is 3. The van der Waals surface area contributed by atoms with Gasteiger partial charge in [0.1, 0.15) is 6.04 Å². The molecule has 0 aliphatic carbocycles. The third-order valence-corrected chi connectivity index (χ3v) is 3.18. The van der Waals surface area contributed by atoms with E-state index in [1.807, 2.05) is 13.8 Å². The second-order valence-electron chi connectivity index (χ2n) is 5.00. The maximum atomic E-state index is 12.2. The molecule has 1 aliphatic rings. The number of hydrogen-bond donors (Lipinski definition) is 2. The number of carbonyl (C=O) groups excluding carboxylic acids is 3. The Morgan fingerprint density at radius 3 is 2.81 bits per heavy atom. The van der Waals surface area contributed by atoms with Crippen LogP contribution < -0.4 is 10.6 Å². The van der Waals surface area contributed by atoms with Gasteiger partial charge < -0.3 is 20.3 Å². The van der Waals surface area contributed by atoms with Crippen LogP contribution >= 0.6 is 0 Å². The van der Waals surface area contributed by atoms with Crippen LogP contribution in [0.2, 0.25) is 0 Å². The largest absolute Gasteiger partial charge is 0.466 e. The van der Waals surface area contributed by atoms with E-state index in [1.54, 1.807) is 0 Å². The van der Waals surface area contributed by atoms with Crippen molar-refractivity contribution in [1.29, 1.82) is 0 Å². The van der Waals surface area contributed by atoms with E-state index in [0.717, 1.165) is 19.4 Å². The van der Waals surface area contributed by atoms with Gasteiger partial charge in [-0.15, -0.1) is 0 Å². The van der Waals surface area contributed by atoms with Crippen LogP contribution in [0.15, 0.2) is 0 Å². The highest BCUT2D eigenvalue weighted by molar-refractivity contribution is 5.92. The molecule has 1 aliphatic heterocycles. The van der Waals surface area contributed by atoms with Crippen LogP contribution in [-0.2, 0) is 19.1 Å². The van der Waals surface area contributed by atoms with E-state index in [-0.39, 0.29) is 24.8 Å². The van der Waals surface area contributed by atoms with Crippen LogP contribution in [0.1, 0.15) is 33.1 Å². The number of ether oxygens (including phenoxy) is 1. The summed E-state index contributed by atoms with van der Waals surface area (Å²) < 4.78 is 5.00. The Kier molecular flexibility index (Phi) is 7.74. The van der Waals surface area contributed by atoms with Gasteiger partial charge in [-0.25, -0.2) is 0 Å². The molecule has 1 saturated heterocycles. The highest BCUT2D eigenvalue weighted by Crippen LogP contribution is 2.10. The topological polar surface area (TPSA) is 87.7 Å². The van der Waals surface area contributed by atoms with Crippen LogP contribution in [0.3, 0.4) is 0 Å². The minimum absolute atomic E-state index is 0.0919. The van der Waals surface area contributed by atoms with Crippen LogP contribution in [0.4, 0.5) is 0 Å². The number of nitrogens with one attached hydrogen (secondary N) is 2. The Labute approximate surface area is 125 Å². The Morgan fingerprint density at radius 1 is 1.38 bits per heavy atom. The second kappa shape index (κ2) is 9.33. The number of nitrogens with zero attached hydrogens (tertiary/aromatic N) is 1. The summed E-state index contributed by atoms with van der Waals surface area (Å²) in [6.07, 6.45) is 1.57. The summed E-state index contributed by atoms with van der Waals surface area (Å²) in [5, 5.41) is 5.70. The Morgan fingerprint density at radius 2 is 2.14 bits per heavy atom. The minimum Gasteiger partial charge on any atom is -0.466 e. The predicted octanol–water partition coefficient (Wildman–Crippen LogP) is -0.344. The summed E-state index contributed by atoms with van der Waals surface area (Å²) in [4.78, 5) is 37.2. The third kappa shape index (κ3) is 5.71.